The third kappa shape index (κ3) is 4.85. The van der Waals surface area contributed by atoms with Gasteiger partial charge in [-0.25, -0.2) is 13.2 Å². The number of carbonyl (C=O) groups excluding carboxylic acids is 1. The van der Waals surface area contributed by atoms with E-state index in [1.54, 1.807) is 55.5 Å². The average Bonchev–Trinajstić information content (AvgIpc) is 2.82. The molecule has 1 aliphatic rings. The van der Waals surface area contributed by atoms with Crippen LogP contribution in [0.1, 0.15) is 19.8 Å². The van der Waals surface area contributed by atoms with Crippen LogP contribution in [0.5, 0.6) is 0 Å². The van der Waals surface area contributed by atoms with Crippen LogP contribution in [0.4, 0.5) is 5.69 Å². The molecule has 0 saturated carbocycles. The minimum atomic E-state index is -3.23. The first-order chi connectivity index (χ1) is 15.8. The van der Waals surface area contributed by atoms with Gasteiger partial charge in [0.1, 0.15) is 6.54 Å². The number of nitrogens with one attached hydrogen (secondary N) is 2. The molecule has 2 aromatic carbocycles. The lowest BCUT2D eigenvalue weighted by Gasteiger charge is -2.34. The number of carbonyl (C=O) groups is 1. The zero-order chi connectivity index (χ0) is 23.6. The molecule has 1 aromatic heterocycles. The molecule has 1 aliphatic heterocycles. The van der Waals surface area contributed by atoms with Gasteiger partial charge >= 0.3 is 5.69 Å². The molecule has 2 N–H and O–H groups in total. The molecule has 9 nitrogen and oxygen atoms in total. The van der Waals surface area contributed by atoms with Crippen molar-refractivity contribution < 1.29 is 13.2 Å². The highest BCUT2D eigenvalue weighted by molar-refractivity contribution is 7.91. The van der Waals surface area contributed by atoms with Gasteiger partial charge in [0.2, 0.25) is 5.91 Å². The SMILES string of the molecule is CCS(=O)(=O)c1ccc(N2CCC(NC(=O)Cn3c(=O)[nH]c4ccccc4c3=O)CC2)cc1. The van der Waals surface area contributed by atoms with Crippen LogP contribution in [-0.4, -0.2) is 48.8 Å². The van der Waals surface area contributed by atoms with Crippen LogP contribution in [0.15, 0.2) is 63.0 Å². The van der Waals surface area contributed by atoms with Crippen molar-refractivity contribution in [1.29, 1.82) is 0 Å². The first kappa shape index (κ1) is 22.8. The number of hydrogen-bond acceptors (Lipinski definition) is 6. The number of anilines is 1. The van der Waals surface area contributed by atoms with E-state index in [0.717, 1.165) is 10.3 Å². The zero-order valence-corrected chi connectivity index (χ0v) is 19.1. The number of aromatic amines is 1. The van der Waals surface area contributed by atoms with Gasteiger partial charge in [-0.2, -0.15) is 0 Å². The van der Waals surface area contributed by atoms with Crippen molar-refractivity contribution >= 4 is 32.3 Å². The molecule has 0 radical (unpaired) electrons. The summed E-state index contributed by atoms with van der Waals surface area (Å²) < 4.78 is 24.9. The van der Waals surface area contributed by atoms with Crippen molar-refractivity contribution in [3.63, 3.8) is 0 Å². The Balaban J connectivity index is 1.36. The summed E-state index contributed by atoms with van der Waals surface area (Å²) >= 11 is 0. The second-order valence-electron chi connectivity index (χ2n) is 8.09. The molecule has 0 atom stereocenters. The van der Waals surface area contributed by atoms with Crippen molar-refractivity contribution in [2.75, 3.05) is 23.7 Å². The maximum Gasteiger partial charge on any atom is 0.329 e. The molecule has 0 aliphatic carbocycles. The van der Waals surface area contributed by atoms with Crippen molar-refractivity contribution in [2.24, 2.45) is 0 Å². The summed E-state index contributed by atoms with van der Waals surface area (Å²) in [6.45, 7) is 2.67. The maximum atomic E-state index is 12.6. The predicted octanol–water partition coefficient (Wildman–Crippen LogP) is 1.27. The highest BCUT2D eigenvalue weighted by atomic mass is 32.2. The monoisotopic (exact) mass is 470 g/mol. The molecule has 1 fully saturated rings. The van der Waals surface area contributed by atoms with Gasteiger partial charge in [0, 0.05) is 24.8 Å². The molecule has 0 bridgehead atoms. The van der Waals surface area contributed by atoms with Crippen LogP contribution in [0.25, 0.3) is 10.9 Å². The van der Waals surface area contributed by atoms with Crippen LogP contribution in [0, 0.1) is 0 Å². The Bertz CT molecular complexity index is 1380. The van der Waals surface area contributed by atoms with Crippen LogP contribution in [0.3, 0.4) is 0 Å². The number of para-hydroxylation sites is 1. The second-order valence-corrected chi connectivity index (χ2v) is 10.4. The Morgan fingerprint density at radius 2 is 1.73 bits per heavy atom. The van der Waals surface area contributed by atoms with E-state index in [2.05, 4.69) is 15.2 Å². The molecule has 2 heterocycles. The summed E-state index contributed by atoms with van der Waals surface area (Å²) in [6.07, 6.45) is 1.40. The summed E-state index contributed by atoms with van der Waals surface area (Å²) in [5, 5.41) is 3.28. The third-order valence-corrected chi connectivity index (χ3v) is 7.74. The largest absolute Gasteiger partial charge is 0.371 e. The van der Waals surface area contributed by atoms with Crippen molar-refractivity contribution in [2.45, 2.75) is 37.2 Å². The summed E-state index contributed by atoms with van der Waals surface area (Å²) in [6, 6.07) is 13.5. The van der Waals surface area contributed by atoms with Gasteiger partial charge in [0.15, 0.2) is 9.84 Å². The van der Waals surface area contributed by atoms with E-state index in [1.807, 2.05) is 0 Å². The van der Waals surface area contributed by atoms with Gasteiger partial charge in [-0.05, 0) is 49.2 Å². The fourth-order valence-corrected chi connectivity index (χ4v) is 4.96. The van der Waals surface area contributed by atoms with E-state index < -0.39 is 21.1 Å². The number of nitrogens with zero attached hydrogens (tertiary/aromatic N) is 2. The summed E-state index contributed by atoms with van der Waals surface area (Å²) in [7, 11) is -3.23. The predicted molar refractivity (Wildman–Crippen MR) is 126 cm³/mol. The molecule has 0 unspecified atom stereocenters. The summed E-state index contributed by atoms with van der Waals surface area (Å²) in [5.41, 5.74) is 0.269. The van der Waals surface area contributed by atoms with Gasteiger partial charge in [-0.15, -0.1) is 0 Å². The fourth-order valence-electron chi connectivity index (χ4n) is 4.07. The Morgan fingerprint density at radius 3 is 2.39 bits per heavy atom. The second kappa shape index (κ2) is 9.22. The molecule has 174 valence electrons. The molecular weight excluding hydrogens is 444 g/mol. The van der Waals surface area contributed by atoms with Crippen LogP contribution in [-0.2, 0) is 21.2 Å². The van der Waals surface area contributed by atoms with E-state index in [9.17, 15) is 22.8 Å². The number of hydrogen-bond donors (Lipinski definition) is 2. The van der Waals surface area contributed by atoms with Gasteiger partial charge in [0.25, 0.3) is 5.56 Å². The Kier molecular flexibility index (Phi) is 6.37. The summed E-state index contributed by atoms with van der Waals surface area (Å²) in [5.74, 6) is -0.320. The van der Waals surface area contributed by atoms with Gasteiger partial charge < -0.3 is 15.2 Å². The quantitative estimate of drug-likeness (QED) is 0.560. The van der Waals surface area contributed by atoms with Crippen molar-refractivity contribution in [3.05, 3.63) is 69.4 Å². The highest BCUT2D eigenvalue weighted by Crippen LogP contribution is 2.22. The molecule has 33 heavy (non-hydrogen) atoms. The first-order valence-electron chi connectivity index (χ1n) is 10.9. The number of sulfone groups is 1. The van der Waals surface area contributed by atoms with E-state index >= 15 is 0 Å². The number of rotatable bonds is 6. The van der Waals surface area contributed by atoms with Crippen LogP contribution >= 0.6 is 0 Å². The lowest BCUT2D eigenvalue weighted by Crippen LogP contribution is -2.47. The number of H-pyrrole nitrogens is 1. The van der Waals surface area contributed by atoms with E-state index in [0.29, 0.717) is 41.7 Å². The minimum Gasteiger partial charge on any atom is -0.371 e. The number of aromatic nitrogens is 2. The van der Waals surface area contributed by atoms with Gasteiger partial charge in [-0.1, -0.05) is 19.1 Å². The third-order valence-electron chi connectivity index (χ3n) is 5.99. The standard InChI is InChI=1S/C23H26N4O5S/c1-2-33(31,32)18-9-7-17(8-10-18)26-13-11-16(12-14-26)24-21(28)15-27-22(29)19-5-3-4-6-20(19)25-23(27)30/h3-10,16H,2,11-15H2,1H3,(H,24,28)(H,25,30). The molecule has 1 amide bonds. The highest BCUT2D eigenvalue weighted by Gasteiger charge is 2.22. The lowest BCUT2D eigenvalue weighted by atomic mass is 10.0. The van der Waals surface area contributed by atoms with E-state index in [-0.39, 0.29) is 24.2 Å². The molecule has 3 aromatic rings. The Labute approximate surface area is 191 Å². The number of amides is 1. The van der Waals surface area contributed by atoms with Crippen molar-refractivity contribution in [1.82, 2.24) is 14.9 Å². The summed E-state index contributed by atoms with van der Waals surface area (Å²) in [4.78, 5) is 42.5. The van der Waals surface area contributed by atoms with Gasteiger partial charge in [-0.3, -0.25) is 14.2 Å². The zero-order valence-electron chi connectivity index (χ0n) is 18.3. The number of piperidine rings is 1. The molecule has 0 spiro atoms. The van der Waals surface area contributed by atoms with E-state index in [4.69, 9.17) is 0 Å². The number of benzene rings is 2. The topological polar surface area (TPSA) is 121 Å². The van der Waals surface area contributed by atoms with Gasteiger partial charge in [0.05, 0.1) is 21.6 Å². The lowest BCUT2D eigenvalue weighted by molar-refractivity contribution is -0.122. The average molecular weight is 471 g/mol. The first-order valence-corrected chi connectivity index (χ1v) is 12.5. The molecular formula is C23H26N4O5S. The maximum absolute atomic E-state index is 12.6. The van der Waals surface area contributed by atoms with Crippen LogP contribution < -0.4 is 21.5 Å². The smallest absolute Gasteiger partial charge is 0.329 e. The van der Waals surface area contributed by atoms with Crippen LogP contribution in [0.2, 0.25) is 0 Å². The Hall–Kier alpha value is -3.40. The normalized spacial score (nSPS) is 15.0. The number of fused-ring (bicyclic) bond motifs is 1. The molecule has 10 heteroatoms. The van der Waals surface area contributed by atoms with E-state index in [1.165, 1.54) is 0 Å². The Morgan fingerprint density at radius 1 is 1.06 bits per heavy atom. The fraction of sp³-hybridized carbons (Fsp3) is 0.348. The molecule has 4 rings (SSSR count). The minimum absolute atomic E-state index is 0.0641. The molecule has 1 saturated heterocycles. The van der Waals surface area contributed by atoms with Crippen molar-refractivity contribution in [3.8, 4) is 0 Å².